The van der Waals surface area contributed by atoms with Gasteiger partial charge in [-0.05, 0) is 44.0 Å². The second-order valence-corrected chi connectivity index (χ2v) is 13.8. The Morgan fingerprint density at radius 2 is 1.96 bits per heavy atom. The van der Waals surface area contributed by atoms with Gasteiger partial charge in [0.1, 0.15) is 29.9 Å². The van der Waals surface area contributed by atoms with E-state index in [2.05, 4.69) is 21.5 Å². The van der Waals surface area contributed by atoms with E-state index in [4.69, 9.17) is 10.5 Å². The van der Waals surface area contributed by atoms with Crippen LogP contribution in [0.25, 0.3) is 32.2 Å². The van der Waals surface area contributed by atoms with Gasteiger partial charge < -0.3 is 20.3 Å². The number of hydrogen-bond donors (Lipinski definition) is 1. The third-order valence-electron chi connectivity index (χ3n) is 9.77. The highest BCUT2D eigenvalue weighted by Gasteiger charge is 2.49. The number of aromatic nitrogens is 3. The Kier molecular flexibility index (Phi) is 8.12. The first kappa shape index (κ1) is 33.3. The van der Waals surface area contributed by atoms with Gasteiger partial charge in [0.2, 0.25) is 0 Å². The van der Waals surface area contributed by atoms with Crippen LogP contribution in [0.1, 0.15) is 31.2 Å². The number of ether oxygens (including phenoxy) is 1. The first-order chi connectivity index (χ1) is 23.2. The van der Waals surface area contributed by atoms with Crippen molar-refractivity contribution in [3.63, 3.8) is 0 Å². The van der Waals surface area contributed by atoms with Crippen LogP contribution < -0.4 is 15.4 Å². The first-order valence-electron chi connectivity index (χ1n) is 15.5. The number of anilines is 2. The molecule has 260 valence electrons. The van der Waals surface area contributed by atoms with Crippen molar-refractivity contribution in [2.75, 3.05) is 50.5 Å². The molecule has 2 aromatic heterocycles. The summed E-state index contributed by atoms with van der Waals surface area (Å²) >= 11 is 0.711. The summed E-state index contributed by atoms with van der Waals surface area (Å²) in [6, 6.07) is 1.72. The number of thiazole rings is 1. The van der Waals surface area contributed by atoms with Gasteiger partial charge in [0, 0.05) is 55.7 Å². The van der Waals surface area contributed by atoms with Crippen molar-refractivity contribution >= 4 is 49.3 Å². The predicted molar refractivity (Wildman–Crippen MR) is 170 cm³/mol. The molecule has 5 heterocycles. The average molecular weight is 710 g/mol. The molecule has 1 amide bonds. The highest BCUT2D eigenvalue weighted by molar-refractivity contribution is 7.22. The summed E-state index contributed by atoms with van der Waals surface area (Å²) in [4.78, 5) is 29.7. The van der Waals surface area contributed by atoms with Crippen LogP contribution in [-0.2, 0) is 11.0 Å². The van der Waals surface area contributed by atoms with Crippen LogP contribution in [0.5, 0.6) is 6.01 Å². The molecule has 7 rings (SSSR count). The lowest BCUT2D eigenvalue weighted by atomic mass is 9.95. The number of nitrogens with two attached hydrogens (primary N) is 1. The first-order valence-corrected chi connectivity index (χ1v) is 16.3. The Hall–Kier alpha value is -4.25. The van der Waals surface area contributed by atoms with Gasteiger partial charge in [0.05, 0.1) is 21.3 Å². The second kappa shape index (κ2) is 12.0. The molecular formula is C32H30F7N7O2S. The van der Waals surface area contributed by atoms with Gasteiger partial charge in [-0.15, -0.1) is 0 Å². The largest absolute Gasteiger partial charge is 0.461 e. The molecule has 17 heteroatoms. The maximum atomic E-state index is 16.9. The molecule has 0 bridgehead atoms. The standard InChI is InChI=1S/C32H30F7N7O2S/c1-15(33)28(47)45-9-6-17(13-45)44(2)27-19-10-20(32(37,38)39)22(18-4-5-21(35)26-25(18)41-29(40)49-26)23(36)24(19)42-30(43-27)48-14-31-7-3-8-46(31)12-16(34)11-31/h4-5,10,16-17H,1,3,6-9,11-14H2,2H3,(H2,40,41)/t16-,17-,31+/m1/s1. The van der Waals surface area contributed by atoms with E-state index in [0.717, 1.165) is 24.6 Å². The molecular weight excluding hydrogens is 679 g/mol. The lowest BCUT2D eigenvalue weighted by Gasteiger charge is -2.31. The van der Waals surface area contributed by atoms with Gasteiger partial charge in [-0.2, -0.15) is 23.1 Å². The average Bonchev–Trinajstić information content (AvgIpc) is 3.82. The van der Waals surface area contributed by atoms with Crippen molar-refractivity contribution in [2.24, 2.45) is 0 Å². The van der Waals surface area contributed by atoms with Crippen LogP contribution in [-0.4, -0.2) is 88.2 Å². The lowest BCUT2D eigenvalue weighted by molar-refractivity contribution is -0.137. The Bertz CT molecular complexity index is 2010. The number of carbonyl (C=O) groups excluding carboxylic acids is 1. The number of fused-ring (bicyclic) bond motifs is 3. The van der Waals surface area contributed by atoms with Gasteiger partial charge in [-0.3, -0.25) is 9.69 Å². The van der Waals surface area contributed by atoms with Crippen LogP contribution >= 0.6 is 11.3 Å². The van der Waals surface area contributed by atoms with Gasteiger partial charge in [0.15, 0.2) is 16.8 Å². The van der Waals surface area contributed by atoms with Crippen LogP contribution in [0.15, 0.2) is 30.6 Å². The molecule has 3 saturated heterocycles. The summed E-state index contributed by atoms with van der Waals surface area (Å²) in [5.74, 6) is -4.37. The van der Waals surface area contributed by atoms with E-state index in [9.17, 15) is 31.1 Å². The van der Waals surface area contributed by atoms with Crippen LogP contribution in [0.4, 0.5) is 41.7 Å². The minimum absolute atomic E-state index is 0.0125. The van der Waals surface area contributed by atoms with Crippen molar-refractivity contribution < 1.29 is 40.3 Å². The highest BCUT2D eigenvalue weighted by atomic mass is 32.1. The number of likely N-dealkylation sites (tertiary alicyclic amines) is 1. The molecule has 0 spiro atoms. The van der Waals surface area contributed by atoms with Crippen molar-refractivity contribution in [1.82, 2.24) is 24.8 Å². The van der Waals surface area contributed by atoms with Crippen molar-refractivity contribution in [3.8, 4) is 17.1 Å². The minimum atomic E-state index is -5.10. The number of carbonyl (C=O) groups is 1. The number of benzene rings is 2. The second-order valence-electron chi connectivity index (χ2n) is 12.7. The number of amides is 1. The summed E-state index contributed by atoms with van der Waals surface area (Å²) in [6.45, 7) is 4.03. The summed E-state index contributed by atoms with van der Waals surface area (Å²) in [5, 5.41) is -0.439. The summed E-state index contributed by atoms with van der Waals surface area (Å²) in [6.07, 6.45) is -4.21. The normalized spacial score (nSPS) is 22.7. The zero-order chi connectivity index (χ0) is 35.0. The molecule has 0 unspecified atom stereocenters. The van der Waals surface area contributed by atoms with Crippen LogP contribution in [0, 0.1) is 11.6 Å². The Labute approximate surface area is 279 Å². The lowest BCUT2D eigenvalue weighted by Crippen LogP contribution is -2.43. The SMILES string of the molecule is C=C(F)C(=O)N1CC[C@@H](N(C)c2nc(OC[C@@]34CCCN3C[C@H](F)C4)nc3c(F)c(-c4ccc(F)c5sc(N)nc45)c(C(F)(F)F)cc23)C1. The molecule has 2 aromatic carbocycles. The third-order valence-corrected chi connectivity index (χ3v) is 10.7. The van der Waals surface area contributed by atoms with Crippen molar-refractivity contribution in [1.29, 1.82) is 0 Å². The molecule has 49 heavy (non-hydrogen) atoms. The maximum absolute atomic E-state index is 16.9. The number of nitrogen functional groups attached to an aromatic ring is 1. The van der Waals surface area contributed by atoms with Gasteiger partial charge >= 0.3 is 12.2 Å². The van der Waals surface area contributed by atoms with E-state index in [1.807, 2.05) is 4.90 Å². The molecule has 3 fully saturated rings. The van der Waals surface area contributed by atoms with Crippen molar-refractivity contribution in [2.45, 2.75) is 49.6 Å². The summed E-state index contributed by atoms with van der Waals surface area (Å²) in [7, 11) is 1.51. The Morgan fingerprint density at radius 1 is 1.18 bits per heavy atom. The molecule has 3 aliphatic heterocycles. The van der Waals surface area contributed by atoms with E-state index in [-0.39, 0.29) is 70.8 Å². The molecule has 4 aromatic rings. The summed E-state index contributed by atoms with van der Waals surface area (Å²) in [5.41, 5.74) is 1.72. The van der Waals surface area contributed by atoms with Gasteiger partial charge in [0.25, 0.3) is 5.91 Å². The zero-order valence-corrected chi connectivity index (χ0v) is 26.9. The smallest absolute Gasteiger partial charge is 0.417 e. The number of alkyl halides is 4. The zero-order valence-electron chi connectivity index (χ0n) is 26.1. The number of likely N-dealkylation sites (N-methyl/N-ethyl adjacent to an activating group) is 1. The number of halogens is 7. The van der Waals surface area contributed by atoms with Crippen LogP contribution in [0.3, 0.4) is 0 Å². The van der Waals surface area contributed by atoms with E-state index in [0.29, 0.717) is 30.7 Å². The molecule has 0 radical (unpaired) electrons. The fraction of sp³-hybridized carbons (Fsp3) is 0.438. The predicted octanol–water partition coefficient (Wildman–Crippen LogP) is 6.26. The third kappa shape index (κ3) is 5.69. The van der Waals surface area contributed by atoms with E-state index in [1.54, 1.807) is 0 Å². The highest BCUT2D eigenvalue weighted by Crippen LogP contribution is 2.46. The number of hydrogen-bond acceptors (Lipinski definition) is 9. The van der Waals surface area contributed by atoms with E-state index in [1.165, 1.54) is 16.8 Å². The fourth-order valence-corrected chi connectivity index (χ4v) is 8.20. The monoisotopic (exact) mass is 709 g/mol. The molecule has 9 nitrogen and oxygen atoms in total. The fourth-order valence-electron chi connectivity index (χ4n) is 7.44. The molecule has 3 atom stereocenters. The Balaban J connectivity index is 1.40. The van der Waals surface area contributed by atoms with Gasteiger partial charge in [-0.25, -0.2) is 22.5 Å². The topological polar surface area (TPSA) is 101 Å². The quantitative estimate of drug-likeness (QED) is 0.177. The van der Waals surface area contributed by atoms with Crippen LogP contribution in [0.2, 0.25) is 0 Å². The van der Waals surface area contributed by atoms with Crippen molar-refractivity contribution in [3.05, 3.63) is 47.8 Å². The Morgan fingerprint density at radius 3 is 2.69 bits per heavy atom. The number of rotatable bonds is 7. The van der Waals surface area contributed by atoms with Gasteiger partial charge in [-0.1, -0.05) is 17.9 Å². The minimum Gasteiger partial charge on any atom is -0.461 e. The molecule has 0 aliphatic carbocycles. The molecule has 0 saturated carbocycles. The van der Waals surface area contributed by atoms with E-state index < -0.39 is 63.9 Å². The van der Waals surface area contributed by atoms with E-state index >= 15 is 4.39 Å². The molecule has 3 aliphatic rings. The number of nitrogens with zero attached hydrogens (tertiary/aromatic N) is 6. The summed E-state index contributed by atoms with van der Waals surface area (Å²) < 4.78 is 110. The maximum Gasteiger partial charge on any atom is 0.417 e. The molecule has 2 N–H and O–H groups in total.